The Morgan fingerprint density at radius 1 is 0.765 bits per heavy atom. The van der Waals surface area contributed by atoms with Gasteiger partial charge in [0, 0.05) is 13.2 Å². The van der Waals surface area contributed by atoms with Crippen molar-refractivity contribution >= 4 is 0 Å². The summed E-state index contributed by atoms with van der Waals surface area (Å²) in [5, 5.41) is 0. The molecular formula is C13H24O4. The second-order valence-electron chi connectivity index (χ2n) is 4.69. The van der Waals surface area contributed by atoms with Crippen molar-refractivity contribution in [3.63, 3.8) is 0 Å². The normalized spacial score (nSPS) is 30.4. The molecule has 4 nitrogen and oxygen atoms in total. The molecule has 4 heteroatoms. The van der Waals surface area contributed by atoms with Crippen molar-refractivity contribution in [1.29, 1.82) is 0 Å². The molecule has 0 radical (unpaired) electrons. The van der Waals surface area contributed by atoms with E-state index in [1.165, 1.54) is 25.7 Å². The van der Waals surface area contributed by atoms with Gasteiger partial charge in [-0.15, -0.1) is 0 Å². The van der Waals surface area contributed by atoms with Gasteiger partial charge in [0.05, 0.1) is 13.2 Å². The summed E-state index contributed by atoms with van der Waals surface area (Å²) in [5.74, 6) is 0. The van der Waals surface area contributed by atoms with E-state index in [9.17, 15) is 0 Å². The fourth-order valence-electron chi connectivity index (χ4n) is 2.17. The van der Waals surface area contributed by atoms with Gasteiger partial charge >= 0.3 is 0 Å². The van der Waals surface area contributed by atoms with E-state index in [0.29, 0.717) is 0 Å². The lowest BCUT2D eigenvalue weighted by molar-refractivity contribution is -0.179. The van der Waals surface area contributed by atoms with Crippen LogP contribution in [0, 0.1) is 0 Å². The monoisotopic (exact) mass is 244 g/mol. The molecule has 2 fully saturated rings. The summed E-state index contributed by atoms with van der Waals surface area (Å²) in [7, 11) is 0. The second kappa shape index (κ2) is 8.03. The van der Waals surface area contributed by atoms with Gasteiger partial charge in [-0.1, -0.05) is 0 Å². The fraction of sp³-hybridized carbons (Fsp3) is 1.00. The predicted molar refractivity (Wildman–Crippen MR) is 63.7 cm³/mol. The van der Waals surface area contributed by atoms with Gasteiger partial charge in [0.2, 0.25) is 0 Å². The van der Waals surface area contributed by atoms with Crippen LogP contribution >= 0.6 is 0 Å². The molecule has 2 unspecified atom stereocenters. The average molecular weight is 244 g/mol. The molecule has 0 aliphatic carbocycles. The van der Waals surface area contributed by atoms with Crippen LogP contribution in [0.2, 0.25) is 0 Å². The third-order valence-electron chi connectivity index (χ3n) is 3.17. The van der Waals surface area contributed by atoms with Crippen LogP contribution in [0.15, 0.2) is 0 Å². The summed E-state index contributed by atoms with van der Waals surface area (Å²) < 4.78 is 22.2. The molecule has 0 bridgehead atoms. The zero-order chi connectivity index (χ0) is 11.8. The van der Waals surface area contributed by atoms with E-state index in [2.05, 4.69) is 0 Å². The smallest absolute Gasteiger partial charge is 0.157 e. The number of rotatable bonds is 6. The summed E-state index contributed by atoms with van der Waals surface area (Å²) >= 11 is 0. The molecule has 100 valence electrons. The summed E-state index contributed by atoms with van der Waals surface area (Å²) in [6.45, 7) is 3.13. The van der Waals surface area contributed by atoms with E-state index in [4.69, 9.17) is 18.9 Å². The summed E-state index contributed by atoms with van der Waals surface area (Å²) in [4.78, 5) is 0. The van der Waals surface area contributed by atoms with Crippen LogP contribution < -0.4 is 0 Å². The topological polar surface area (TPSA) is 36.9 Å². The lowest BCUT2D eigenvalue weighted by Gasteiger charge is -2.24. The van der Waals surface area contributed by atoms with Crippen LogP contribution in [-0.2, 0) is 18.9 Å². The molecule has 2 aliphatic rings. The van der Waals surface area contributed by atoms with Crippen molar-refractivity contribution in [2.75, 3.05) is 26.4 Å². The van der Waals surface area contributed by atoms with Gasteiger partial charge in [0.15, 0.2) is 12.6 Å². The third-order valence-corrected chi connectivity index (χ3v) is 3.17. The Morgan fingerprint density at radius 2 is 1.29 bits per heavy atom. The van der Waals surface area contributed by atoms with Crippen molar-refractivity contribution < 1.29 is 18.9 Å². The van der Waals surface area contributed by atoms with Crippen LogP contribution in [-0.4, -0.2) is 39.0 Å². The van der Waals surface area contributed by atoms with E-state index in [-0.39, 0.29) is 12.6 Å². The minimum Gasteiger partial charge on any atom is -0.353 e. The molecular weight excluding hydrogens is 220 g/mol. The maximum absolute atomic E-state index is 5.63. The van der Waals surface area contributed by atoms with E-state index in [1.807, 2.05) is 0 Å². The molecule has 0 aromatic carbocycles. The molecule has 2 atom stereocenters. The third kappa shape index (κ3) is 5.34. The second-order valence-corrected chi connectivity index (χ2v) is 4.69. The zero-order valence-electron chi connectivity index (χ0n) is 10.6. The largest absolute Gasteiger partial charge is 0.353 e. The number of ether oxygens (including phenoxy) is 4. The highest BCUT2D eigenvalue weighted by Gasteiger charge is 2.15. The average Bonchev–Trinajstić information content (AvgIpc) is 2.41. The Bertz CT molecular complexity index is 166. The predicted octanol–water partition coefficient (Wildman–Crippen LogP) is 2.46. The fourth-order valence-corrected chi connectivity index (χ4v) is 2.17. The number of hydrogen-bond donors (Lipinski definition) is 0. The Hall–Kier alpha value is -0.160. The van der Waals surface area contributed by atoms with Gasteiger partial charge in [-0.2, -0.15) is 0 Å². The maximum Gasteiger partial charge on any atom is 0.157 e. The van der Waals surface area contributed by atoms with Gasteiger partial charge in [-0.05, 0) is 44.9 Å². The first-order valence-corrected chi connectivity index (χ1v) is 6.91. The number of hydrogen-bond acceptors (Lipinski definition) is 4. The standard InChI is InChI=1S/C13H24O4/c1-3-8-14-12(6-1)16-10-5-11-17-13-7-2-4-9-15-13/h12-13H,1-11H2. The van der Waals surface area contributed by atoms with Crippen LogP contribution in [0.3, 0.4) is 0 Å². The lowest BCUT2D eigenvalue weighted by atomic mass is 10.2. The Labute approximate surface area is 104 Å². The van der Waals surface area contributed by atoms with Crippen molar-refractivity contribution in [2.24, 2.45) is 0 Å². The highest BCUT2D eigenvalue weighted by atomic mass is 16.7. The highest BCUT2D eigenvalue weighted by Crippen LogP contribution is 2.15. The van der Waals surface area contributed by atoms with Gasteiger partial charge in [-0.25, -0.2) is 0 Å². The summed E-state index contributed by atoms with van der Waals surface area (Å²) in [5.41, 5.74) is 0. The molecule has 0 aromatic heterocycles. The van der Waals surface area contributed by atoms with Gasteiger partial charge < -0.3 is 18.9 Å². The van der Waals surface area contributed by atoms with E-state index in [1.54, 1.807) is 0 Å². The van der Waals surface area contributed by atoms with Gasteiger partial charge in [0.1, 0.15) is 0 Å². The first-order chi connectivity index (χ1) is 8.45. The SMILES string of the molecule is C1CCC(OCCCOC2CCCCO2)OC1. The molecule has 0 aromatic rings. The first kappa shape index (κ1) is 13.3. The highest BCUT2D eigenvalue weighted by molar-refractivity contribution is 4.55. The zero-order valence-corrected chi connectivity index (χ0v) is 10.6. The van der Waals surface area contributed by atoms with Crippen LogP contribution in [0.5, 0.6) is 0 Å². The molecule has 0 amide bonds. The summed E-state index contributed by atoms with van der Waals surface area (Å²) in [6, 6.07) is 0. The summed E-state index contributed by atoms with van der Waals surface area (Å²) in [6.07, 6.45) is 7.81. The quantitative estimate of drug-likeness (QED) is 0.673. The molecule has 2 heterocycles. The maximum atomic E-state index is 5.63. The van der Waals surface area contributed by atoms with E-state index >= 15 is 0 Å². The molecule has 0 spiro atoms. The van der Waals surface area contributed by atoms with Gasteiger partial charge in [-0.3, -0.25) is 0 Å². The minimum absolute atomic E-state index is 0.0229. The van der Waals surface area contributed by atoms with E-state index < -0.39 is 0 Å². The minimum atomic E-state index is 0.0229. The van der Waals surface area contributed by atoms with Gasteiger partial charge in [0.25, 0.3) is 0 Å². The molecule has 0 saturated carbocycles. The van der Waals surface area contributed by atoms with Crippen LogP contribution in [0.4, 0.5) is 0 Å². The van der Waals surface area contributed by atoms with Crippen molar-refractivity contribution in [1.82, 2.24) is 0 Å². The van der Waals surface area contributed by atoms with Crippen molar-refractivity contribution in [3.8, 4) is 0 Å². The first-order valence-electron chi connectivity index (χ1n) is 6.91. The van der Waals surface area contributed by atoms with Crippen LogP contribution in [0.1, 0.15) is 44.9 Å². The molecule has 2 rings (SSSR count). The lowest BCUT2D eigenvalue weighted by Crippen LogP contribution is -2.25. The Morgan fingerprint density at radius 3 is 1.71 bits per heavy atom. The molecule has 0 N–H and O–H groups in total. The molecule has 2 aliphatic heterocycles. The van der Waals surface area contributed by atoms with Crippen LogP contribution in [0.25, 0.3) is 0 Å². The molecule has 2 saturated heterocycles. The van der Waals surface area contributed by atoms with E-state index in [0.717, 1.165) is 45.7 Å². The Kier molecular flexibility index (Phi) is 6.27. The van der Waals surface area contributed by atoms with Crippen molar-refractivity contribution in [2.45, 2.75) is 57.5 Å². The Balaban J connectivity index is 1.42. The molecule has 17 heavy (non-hydrogen) atoms. The van der Waals surface area contributed by atoms with Crippen molar-refractivity contribution in [3.05, 3.63) is 0 Å².